The van der Waals surface area contributed by atoms with Gasteiger partial charge in [0.2, 0.25) is 0 Å². The van der Waals surface area contributed by atoms with Crippen LogP contribution in [0.25, 0.3) is 0 Å². The molecule has 1 aliphatic carbocycles. The predicted molar refractivity (Wildman–Crippen MR) is 98.8 cm³/mol. The average Bonchev–Trinajstić information content (AvgIpc) is 2.90. The van der Waals surface area contributed by atoms with Crippen LogP contribution in [0.2, 0.25) is 0 Å². The van der Waals surface area contributed by atoms with Crippen molar-refractivity contribution < 1.29 is 17.9 Å². The lowest BCUT2D eigenvalue weighted by Gasteiger charge is -2.18. The Bertz CT molecular complexity index is 898. The number of aryl methyl sites for hydroxylation is 1. The third kappa shape index (κ3) is 3.57. The fourth-order valence-corrected chi connectivity index (χ4v) is 5.74. The first-order valence-corrected chi connectivity index (χ1v) is 10.4. The molecule has 25 heavy (non-hydrogen) atoms. The number of hydrogen-bond acceptors (Lipinski definition) is 5. The Balaban J connectivity index is 2.02. The molecule has 0 unspecified atom stereocenters. The zero-order chi connectivity index (χ0) is 18.2. The number of sulfonamides is 1. The zero-order valence-corrected chi connectivity index (χ0v) is 16.1. The standard InChI is InChI=1S/C18H21NO4S2/c1-11-4-7-13(8-5-11)25(21,22)19-17-16(18(20)23-3)14-9-6-12(2)10-15(14)24-17/h4-5,7-8,12,19H,6,9-10H2,1-3H3/t12-/m0/s1. The van der Waals surface area contributed by atoms with Gasteiger partial charge in [-0.2, -0.15) is 0 Å². The molecule has 0 saturated heterocycles. The lowest BCUT2D eigenvalue weighted by Crippen LogP contribution is -2.16. The van der Waals surface area contributed by atoms with Crippen molar-refractivity contribution in [2.45, 2.75) is 38.0 Å². The molecule has 0 radical (unpaired) electrons. The summed E-state index contributed by atoms with van der Waals surface area (Å²) in [5.41, 5.74) is 2.27. The van der Waals surface area contributed by atoms with E-state index < -0.39 is 16.0 Å². The highest BCUT2D eigenvalue weighted by atomic mass is 32.2. The van der Waals surface area contributed by atoms with Gasteiger partial charge in [-0.1, -0.05) is 24.6 Å². The van der Waals surface area contributed by atoms with Crippen molar-refractivity contribution in [2.24, 2.45) is 5.92 Å². The Morgan fingerprint density at radius 2 is 1.96 bits per heavy atom. The molecule has 0 spiro atoms. The summed E-state index contributed by atoms with van der Waals surface area (Å²) >= 11 is 1.34. The topological polar surface area (TPSA) is 72.5 Å². The van der Waals surface area contributed by atoms with Gasteiger partial charge in [-0.05, 0) is 49.8 Å². The molecule has 0 bridgehead atoms. The molecule has 5 nitrogen and oxygen atoms in total. The summed E-state index contributed by atoms with van der Waals surface area (Å²) in [5, 5.41) is 0.353. The minimum atomic E-state index is -3.75. The first-order chi connectivity index (χ1) is 11.8. The van der Waals surface area contributed by atoms with Gasteiger partial charge in [-0.15, -0.1) is 11.3 Å². The molecule has 7 heteroatoms. The van der Waals surface area contributed by atoms with E-state index in [-0.39, 0.29) is 4.90 Å². The zero-order valence-electron chi connectivity index (χ0n) is 14.5. The van der Waals surface area contributed by atoms with Crippen molar-refractivity contribution in [3.05, 3.63) is 45.8 Å². The van der Waals surface area contributed by atoms with E-state index in [0.29, 0.717) is 16.5 Å². The molecule has 1 atom stereocenters. The smallest absolute Gasteiger partial charge is 0.341 e. The number of hydrogen-bond donors (Lipinski definition) is 1. The quantitative estimate of drug-likeness (QED) is 0.821. The van der Waals surface area contributed by atoms with Crippen LogP contribution in [0.5, 0.6) is 0 Å². The van der Waals surface area contributed by atoms with Gasteiger partial charge in [-0.3, -0.25) is 4.72 Å². The van der Waals surface area contributed by atoms with Gasteiger partial charge in [-0.25, -0.2) is 13.2 Å². The van der Waals surface area contributed by atoms with Crippen molar-refractivity contribution in [1.82, 2.24) is 0 Å². The summed E-state index contributed by atoms with van der Waals surface area (Å²) in [6.45, 7) is 4.06. The van der Waals surface area contributed by atoms with E-state index in [1.165, 1.54) is 18.4 Å². The molecule has 1 aromatic carbocycles. The number of fused-ring (bicyclic) bond motifs is 1. The van der Waals surface area contributed by atoms with Crippen LogP contribution in [0.15, 0.2) is 29.2 Å². The van der Waals surface area contributed by atoms with E-state index in [4.69, 9.17) is 4.74 Å². The number of carbonyl (C=O) groups is 1. The van der Waals surface area contributed by atoms with Gasteiger partial charge in [0.15, 0.2) is 0 Å². The SMILES string of the molecule is COC(=O)c1c(NS(=O)(=O)c2ccc(C)cc2)sc2c1CC[C@H](C)C2. The summed E-state index contributed by atoms with van der Waals surface area (Å²) in [6, 6.07) is 6.62. The van der Waals surface area contributed by atoms with E-state index in [1.807, 2.05) is 6.92 Å². The van der Waals surface area contributed by atoms with Crippen molar-refractivity contribution >= 4 is 32.3 Å². The molecule has 0 fully saturated rings. The van der Waals surface area contributed by atoms with Crippen molar-refractivity contribution in [3.8, 4) is 0 Å². The number of carbonyl (C=O) groups excluding carboxylic acids is 1. The molecule has 1 N–H and O–H groups in total. The molecule has 1 aromatic heterocycles. The molecule has 134 valence electrons. The van der Waals surface area contributed by atoms with Gasteiger partial charge >= 0.3 is 5.97 Å². The Morgan fingerprint density at radius 1 is 1.28 bits per heavy atom. The Morgan fingerprint density at radius 3 is 2.60 bits per heavy atom. The molecule has 0 saturated carbocycles. The highest BCUT2D eigenvalue weighted by Gasteiger charge is 2.30. The molecule has 1 heterocycles. The number of methoxy groups -OCH3 is 1. The summed E-state index contributed by atoms with van der Waals surface area (Å²) in [6.07, 6.45) is 2.61. The maximum atomic E-state index is 12.7. The normalized spacial score (nSPS) is 17.0. The minimum Gasteiger partial charge on any atom is -0.465 e. The van der Waals surface area contributed by atoms with Crippen molar-refractivity contribution in [1.29, 1.82) is 0 Å². The summed E-state index contributed by atoms with van der Waals surface area (Å²) in [4.78, 5) is 13.5. The maximum Gasteiger partial charge on any atom is 0.341 e. The highest BCUT2D eigenvalue weighted by Crippen LogP contribution is 2.40. The summed E-state index contributed by atoms with van der Waals surface area (Å²) in [5.74, 6) is 0.0341. The van der Waals surface area contributed by atoms with Gasteiger partial charge in [0, 0.05) is 4.88 Å². The van der Waals surface area contributed by atoms with Crippen molar-refractivity contribution in [3.63, 3.8) is 0 Å². The molecule has 1 aliphatic rings. The van der Waals surface area contributed by atoms with E-state index in [9.17, 15) is 13.2 Å². The van der Waals surface area contributed by atoms with Crippen LogP contribution in [-0.2, 0) is 27.6 Å². The second kappa shape index (κ2) is 6.80. The van der Waals surface area contributed by atoms with Crippen LogP contribution in [0.1, 0.15) is 39.7 Å². The first-order valence-electron chi connectivity index (χ1n) is 8.14. The number of nitrogens with one attached hydrogen (secondary N) is 1. The second-order valence-electron chi connectivity index (χ2n) is 6.47. The minimum absolute atomic E-state index is 0.175. The van der Waals surface area contributed by atoms with Crippen LogP contribution in [-0.4, -0.2) is 21.5 Å². The fourth-order valence-electron chi connectivity index (χ4n) is 3.04. The van der Waals surface area contributed by atoms with E-state index in [2.05, 4.69) is 11.6 Å². The van der Waals surface area contributed by atoms with Gasteiger partial charge in [0.25, 0.3) is 10.0 Å². The number of thiophene rings is 1. The van der Waals surface area contributed by atoms with E-state index in [1.54, 1.807) is 24.3 Å². The van der Waals surface area contributed by atoms with Gasteiger partial charge in [0.05, 0.1) is 17.6 Å². The van der Waals surface area contributed by atoms with E-state index in [0.717, 1.165) is 35.3 Å². The van der Waals surface area contributed by atoms with Gasteiger partial charge in [0.1, 0.15) is 5.00 Å². The molecular weight excluding hydrogens is 358 g/mol. The number of anilines is 1. The molecule has 0 aliphatic heterocycles. The van der Waals surface area contributed by atoms with Crippen LogP contribution >= 0.6 is 11.3 Å². The monoisotopic (exact) mass is 379 g/mol. The third-order valence-electron chi connectivity index (χ3n) is 4.46. The average molecular weight is 380 g/mol. The molecule has 2 aromatic rings. The van der Waals surface area contributed by atoms with Crippen LogP contribution in [0, 0.1) is 12.8 Å². The maximum absolute atomic E-state index is 12.7. The second-order valence-corrected chi connectivity index (χ2v) is 9.25. The van der Waals surface area contributed by atoms with Gasteiger partial charge < -0.3 is 4.74 Å². The first kappa shape index (κ1) is 17.9. The molecular formula is C18H21NO4S2. The number of rotatable bonds is 4. The Kier molecular flexibility index (Phi) is 4.88. The fraction of sp³-hybridized carbons (Fsp3) is 0.389. The predicted octanol–water partition coefficient (Wildman–Crippen LogP) is 3.77. The van der Waals surface area contributed by atoms with Crippen LogP contribution in [0.3, 0.4) is 0 Å². The van der Waals surface area contributed by atoms with Crippen molar-refractivity contribution in [2.75, 3.05) is 11.8 Å². The van der Waals surface area contributed by atoms with Crippen LogP contribution < -0.4 is 4.72 Å². The molecule has 0 amide bonds. The highest BCUT2D eigenvalue weighted by molar-refractivity contribution is 7.93. The lowest BCUT2D eigenvalue weighted by molar-refractivity contribution is 0.0601. The summed E-state index contributed by atoms with van der Waals surface area (Å²) in [7, 11) is -2.44. The Hall–Kier alpha value is -1.86. The number of ether oxygens (including phenoxy) is 1. The largest absolute Gasteiger partial charge is 0.465 e. The Labute approximate surface area is 152 Å². The summed E-state index contributed by atoms with van der Waals surface area (Å²) < 4.78 is 32.9. The number of esters is 1. The molecule has 3 rings (SSSR count). The third-order valence-corrected chi connectivity index (χ3v) is 7.12. The number of benzene rings is 1. The van der Waals surface area contributed by atoms with E-state index >= 15 is 0 Å². The van der Waals surface area contributed by atoms with Crippen LogP contribution in [0.4, 0.5) is 5.00 Å². The lowest BCUT2D eigenvalue weighted by atomic mass is 9.88.